The Kier molecular flexibility index (Phi) is 6.32. The molecule has 16 heavy (non-hydrogen) atoms. The van der Waals surface area contributed by atoms with E-state index in [4.69, 9.17) is 5.73 Å². The third kappa shape index (κ3) is 5.28. The molecular formula is C13H29N3. The van der Waals surface area contributed by atoms with Crippen LogP contribution < -0.4 is 5.73 Å². The third-order valence-corrected chi connectivity index (χ3v) is 3.63. The van der Waals surface area contributed by atoms with Crippen LogP contribution in [0.5, 0.6) is 0 Å². The maximum atomic E-state index is 5.96. The quantitative estimate of drug-likeness (QED) is 0.713. The van der Waals surface area contributed by atoms with Crippen molar-refractivity contribution in [3.8, 4) is 0 Å². The standard InChI is InChI=1S/C13H29N3/c1-4-16(9-5-8-15(2)3)11-12-6-7-13(14)10-12/h12-13H,4-11,14H2,1-3H3. The Morgan fingerprint density at radius 3 is 2.44 bits per heavy atom. The van der Waals surface area contributed by atoms with Gasteiger partial charge in [-0.1, -0.05) is 6.92 Å². The van der Waals surface area contributed by atoms with Crippen molar-refractivity contribution in [1.29, 1.82) is 0 Å². The van der Waals surface area contributed by atoms with Gasteiger partial charge in [-0.15, -0.1) is 0 Å². The van der Waals surface area contributed by atoms with E-state index in [1.807, 2.05) is 0 Å². The molecule has 0 aromatic carbocycles. The lowest BCUT2D eigenvalue weighted by atomic mass is 10.1. The average Bonchev–Trinajstić information content (AvgIpc) is 2.62. The van der Waals surface area contributed by atoms with Crippen molar-refractivity contribution in [1.82, 2.24) is 9.80 Å². The molecule has 2 atom stereocenters. The summed E-state index contributed by atoms with van der Waals surface area (Å²) in [7, 11) is 4.29. The van der Waals surface area contributed by atoms with Crippen LogP contribution in [-0.4, -0.2) is 56.1 Å². The van der Waals surface area contributed by atoms with Crippen LogP contribution in [0.2, 0.25) is 0 Å². The summed E-state index contributed by atoms with van der Waals surface area (Å²) in [6, 6.07) is 0.477. The first-order chi connectivity index (χ1) is 7.61. The molecule has 1 aliphatic carbocycles. The Balaban J connectivity index is 2.16. The summed E-state index contributed by atoms with van der Waals surface area (Å²) >= 11 is 0. The molecule has 0 spiro atoms. The first-order valence-corrected chi connectivity index (χ1v) is 6.74. The van der Waals surface area contributed by atoms with Gasteiger partial charge in [0.1, 0.15) is 0 Å². The van der Waals surface area contributed by atoms with Crippen molar-refractivity contribution in [2.24, 2.45) is 11.7 Å². The largest absolute Gasteiger partial charge is 0.328 e. The predicted octanol–water partition coefficient (Wildman–Crippen LogP) is 1.39. The van der Waals surface area contributed by atoms with Crippen LogP contribution in [0.4, 0.5) is 0 Å². The summed E-state index contributed by atoms with van der Waals surface area (Å²) in [5, 5.41) is 0. The van der Waals surface area contributed by atoms with E-state index in [2.05, 4.69) is 30.8 Å². The topological polar surface area (TPSA) is 32.5 Å². The highest BCUT2D eigenvalue weighted by Crippen LogP contribution is 2.24. The SMILES string of the molecule is CCN(CCCN(C)C)CC1CCC(N)C1. The van der Waals surface area contributed by atoms with E-state index in [1.54, 1.807) is 0 Å². The zero-order valence-corrected chi connectivity index (χ0v) is 11.3. The maximum Gasteiger partial charge on any atom is 0.00420 e. The van der Waals surface area contributed by atoms with Crippen LogP contribution in [-0.2, 0) is 0 Å². The van der Waals surface area contributed by atoms with Gasteiger partial charge in [-0.2, -0.15) is 0 Å². The van der Waals surface area contributed by atoms with Gasteiger partial charge in [0, 0.05) is 12.6 Å². The van der Waals surface area contributed by atoms with E-state index < -0.39 is 0 Å². The van der Waals surface area contributed by atoms with Crippen molar-refractivity contribution in [2.45, 2.75) is 38.6 Å². The summed E-state index contributed by atoms with van der Waals surface area (Å²) in [6.45, 7) is 7.14. The van der Waals surface area contributed by atoms with Gasteiger partial charge in [-0.05, 0) is 65.3 Å². The Labute approximate surface area is 101 Å². The lowest BCUT2D eigenvalue weighted by Crippen LogP contribution is -2.31. The van der Waals surface area contributed by atoms with Crippen LogP contribution in [0, 0.1) is 5.92 Å². The smallest absolute Gasteiger partial charge is 0.00420 e. The second kappa shape index (κ2) is 7.25. The third-order valence-electron chi connectivity index (χ3n) is 3.63. The number of nitrogens with zero attached hydrogens (tertiary/aromatic N) is 2. The summed E-state index contributed by atoms with van der Waals surface area (Å²) in [5.74, 6) is 0.856. The number of rotatable bonds is 7. The van der Waals surface area contributed by atoms with Gasteiger partial charge in [-0.25, -0.2) is 0 Å². The molecule has 2 N–H and O–H groups in total. The van der Waals surface area contributed by atoms with Crippen LogP contribution in [0.1, 0.15) is 32.6 Å². The summed E-state index contributed by atoms with van der Waals surface area (Å²) < 4.78 is 0. The first-order valence-electron chi connectivity index (χ1n) is 6.74. The normalized spacial score (nSPS) is 25.9. The van der Waals surface area contributed by atoms with Crippen LogP contribution in [0.25, 0.3) is 0 Å². The van der Waals surface area contributed by atoms with Gasteiger partial charge in [-0.3, -0.25) is 0 Å². The fourth-order valence-corrected chi connectivity index (χ4v) is 2.63. The molecule has 2 unspecified atom stereocenters. The van der Waals surface area contributed by atoms with E-state index >= 15 is 0 Å². The van der Waals surface area contributed by atoms with Gasteiger partial charge in [0.2, 0.25) is 0 Å². The van der Waals surface area contributed by atoms with Crippen LogP contribution in [0.15, 0.2) is 0 Å². The molecule has 0 aromatic heterocycles. The molecule has 1 aliphatic rings. The molecule has 0 saturated heterocycles. The molecule has 1 rings (SSSR count). The van der Waals surface area contributed by atoms with E-state index in [9.17, 15) is 0 Å². The van der Waals surface area contributed by atoms with Crippen molar-refractivity contribution < 1.29 is 0 Å². The molecule has 0 amide bonds. The molecular weight excluding hydrogens is 198 g/mol. The molecule has 3 nitrogen and oxygen atoms in total. The minimum atomic E-state index is 0.477. The molecule has 0 aromatic rings. The minimum absolute atomic E-state index is 0.477. The number of hydrogen-bond donors (Lipinski definition) is 1. The highest BCUT2D eigenvalue weighted by Gasteiger charge is 2.23. The minimum Gasteiger partial charge on any atom is -0.328 e. The number of nitrogens with two attached hydrogens (primary N) is 1. The van der Waals surface area contributed by atoms with Gasteiger partial charge in [0.05, 0.1) is 0 Å². The Bertz CT molecular complexity index is 182. The van der Waals surface area contributed by atoms with Crippen LogP contribution in [0.3, 0.4) is 0 Å². The Morgan fingerprint density at radius 1 is 1.19 bits per heavy atom. The Hall–Kier alpha value is -0.120. The summed E-state index contributed by atoms with van der Waals surface area (Å²) in [6.07, 6.45) is 5.09. The van der Waals surface area contributed by atoms with E-state index in [1.165, 1.54) is 51.9 Å². The van der Waals surface area contributed by atoms with Crippen molar-refractivity contribution in [2.75, 3.05) is 40.3 Å². The number of hydrogen-bond acceptors (Lipinski definition) is 3. The van der Waals surface area contributed by atoms with Crippen molar-refractivity contribution in [3.63, 3.8) is 0 Å². The zero-order valence-electron chi connectivity index (χ0n) is 11.3. The van der Waals surface area contributed by atoms with Gasteiger partial charge in [0.15, 0.2) is 0 Å². The first kappa shape index (κ1) is 13.9. The van der Waals surface area contributed by atoms with Crippen molar-refractivity contribution >= 4 is 0 Å². The van der Waals surface area contributed by atoms with E-state index in [-0.39, 0.29) is 0 Å². The molecule has 0 aliphatic heterocycles. The molecule has 3 heteroatoms. The summed E-state index contributed by atoms with van der Waals surface area (Å²) in [4.78, 5) is 4.85. The van der Waals surface area contributed by atoms with Gasteiger partial charge in [0.25, 0.3) is 0 Å². The predicted molar refractivity (Wildman–Crippen MR) is 70.6 cm³/mol. The highest BCUT2D eigenvalue weighted by molar-refractivity contribution is 4.79. The van der Waals surface area contributed by atoms with Crippen LogP contribution >= 0.6 is 0 Å². The van der Waals surface area contributed by atoms with E-state index in [0.29, 0.717) is 6.04 Å². The average molecular weight is 227 g/mol. The molecule has 0 heterocycles. The van der Waals surface area contributed by atoms with E-state index in [0.717, 1.165) is 5.92 Å². The second-order valence-corrected chi connectivity index (χ2v) is 5.49. The molecule has 1 saturated carbocycles. The second-order valence-electron chi connectivity index (χ2n) is 5.49. The molecule has 0 radical (unpaired) electrons. The molecule has 0 bridgehead atoms. The van der Waals surface area contributed by atoms with Crippen molar-refractivity contribution in [3.05, 3.63) is 0 Å². The fourth-order valence-electron chi connectivity index (χ4n) is 2.63. The monoisotopic (exact) mass is 227 g/mol. The maximum absolute atomic E-state index is 5.96. The lowest BCUT2D eigenvalue weighted by Gasteiger charge is -2.24. The summed E-state index contributed by atoms with van der Waals surface area (Å²) in [5.41, 5.74) is 5.96. The fraction of sp³-hybridized carbons (Fsp3) is 1.00. The lowest BCUT2D eigenvalue weighted by molar-refractivity contribution is 0.229. The zero-order chi connectivity index (χ0) is 12.0. The molecule has 1 fully saturated rings. The molecule has 96 valence electrons. The Morgan fingerprint density at radius 2 is 1.94 bits per heavy atom. The highest BCUT2D eigenvalue weighted by atomic mass is 15.1. The van der Waals surface area contributed by atoms with Gasteiger partial charge >= 0.3 is 0 Å². The van der Waals surface area contributed by atoms with Gasteiger partial charge < -0.3 is 15.5 Å².